The van der Waals surface area contributed by atoms with Crippen molar-refractivity contribution in [3.8, 4) is 5.75 Å². The van der Waals surface area contributed by atoms with E-state index in [0.717, 1.165) is 11.1 Å². The van der Waals surface area contributed by atoms with E-state index in [1.807, 2.05) is 49.4 Å². The van der Waals surface area contributed by atoms with Crippen LogP contribution in [0.4, 0.5) is 5.69 Å². The minimum atomic E-state index is -4.11. The molecule has 8 heteroatoms. The summed E-state index contributed by atoms with van der Waals surface area (Å²) in [6.45, 7) is 1.86. The van der Waals surface area contributed by atoms with Gasteiger partial charge in [-0.05, 0) is 48.7 Å². The fraction of sp³-hybridized carbons (Fsp3) is 0.174. The van der Waals surface area contributed by atoms with Gasteiger partial charge in [-0.15, -0.1) is 0 Å². The van der Waals surface area contributed by atoms with Crippen LogP contribution in [-0.2, 0) is 21.2 Å². The first kappa shape index (κ1) is 22.8. The molecule has 3 rings (SSSR count). The first-order valence-electron chi connectivity index (χ1n) is 9.56. The number of sulfonamides is 1. The lowest BCUT2D eigenvalue weighted by Crippen LogP contribution is -2.45. The molecule has 0 aliphatic carbocycles. The number of methoxy groups -OCH3 is 1. The Morgan fingerprint density at radius 1 is 1.03 bits per heavy atom. The second-order valence-corrected chi connectivity index (χ2v) is 9.08. The third-order valence-corrected chi connectivity index (χ3v) is 6.44. The smallest absolute Gasteiger partial charge is 0.245 e. The molecule has 0 aromatic heterocycles. The summed E-state index contributed by atoms with van der Waals surface area (Å²) in [6, 6.07) is 19.7. The Kier molecular flexibility index (Phi) is 7.33. The van der Waals surface area contributed by atoms with Gasteiger partial charge in [-0.3, -0.25) is 4.79 Å². The van der Waals surface area contributed by atoms with Gasteiger partial charge in [0.15, 0.2) is 0 Å². The Labute approximate surface area is 187 Å². The molecule has 0 aliphatic rings. The topological polar surface area (TPSA) is 84.5 Å². The van der Waals surface area contributed by atoms with Crippen LogP contribution in [0.5, 0.6) is 5.75 Å². The third kappa shape index (κ3) is 5.85. The van der Waals surface area contributed by atoms with Crippen LogP contribution in [0.3, 0.4) is 0 Å². The van der Waals surface area contributed by atoms with Crippen molar-refractivity contribution in [1.29, 1.82) is 0 Å². The summed E-state index contributed by atoms with van der Waals surface area (Å²) in [7, 11) is -2.74. The van der Waals surface area contributed by atoms with Crippen LogP contribution in [0, 0.1) is 6.92 Å². The van der Waals surface area contributed by atoms with Crippen molar-refractivity contribution in [2.45, 2.75) is 24.3 Å². The number of para-hydroxylation sites is 1. The van der Waals surface area contributed by atoms with Crippen molar-refractivity contribution in [2.24, 2.45) is 0 Å². The molecule has 1 amide bonds. The zero-order valence-corrected chi connectivity index (χ0v) is 18.7. The number of halogens is 1. The molecule has 6 nitrogen and oxygen atoms in total. The highest BCUT2D eigenvalue weighted by atomic mass is 35.5. The van der Waals surface area contributed by atoms with Gasteiger partial charge in [0.2, 0.25) is 15.9 Å². The number of amides is 1. The van der Waals surface area contributed by atoms with Crippen molar-refractivity contribution < 1.29 is 17.9 Å². The highest BCUT2D eigenvalue weighted by Gasteiger charge is 2.28. The van der Waals surface area contributed by atoms with E-state index in [1.165, 1.54) is 25.3 Å². The predicted molar refractivity (Wildman–Crippen MR) is 122 cm³/mol. The third-order valence-electron chi connectivity index (χ3n) is 4.71. The molecule has 1 unspecified atom stereocenters. The Hall–Kier alpha value is -2.87. The molecule has 3 aromatic rings. The van der Waals surface area contributed by atoms with Crippen LogP contribution in [0.2, 0.25) is 5.02 Å². The number of anilines is 1. The molecule has 162 valence electrons. The van der Waals surface area contributed by atoms with Crippen molar-refractivity contribution >= 4 is 33.2 Å². The fourth-order valence-electron chi connectivity index (χ4n) is 3.08. The number of aryl methyl sites for hydroxylation is 1. The molecule has 1 atom stereocenters. The van der Waals surface area contributed by atoms with Crippen molar-refractivity contribution in [3.63, 3.8) is 0 Å². The molecule has 0 fully saturated rings. The number of ether oxygens (including phenoxy) is 1. The van der Waals surface area contributed by atoms with E-state index in [9.17, 15) is 13.2 Å². The Bertz CT molecular complexity index is 1170. The van der Waals surface area contributed by atoms with E-state index in [4.69, 9.17) is 16.3 Å². The first-order chi connectivity index (χ1) is 14.8. The molecule has 0 spiro atoms. The van der Waals surface area contributed by atoms with Crippen LogP contribution in [0.1, 0.15) is 11.1 Å². The molecule has 0 saturated carbocycles. The number of benzene rings is 3. The van der Waals surface area contributed by atoms with E-state index in [2.05, 4.69) is 10.0 Å². The molecular weight excluding hydrogens is 436 g/mol. The number of nitrogens with one attached hydrogen (secondary N) is 2. The second-order valence-electron chi connectivity index (χ2n) is 6.96. The fourth-order valence-corrected chi connectivity index (χ4v) is 4.71. The van der Waals surface area contributed by atoms with Crippen molar-refractivity contribution in [3.05, 3.63) is 88.9 Å². The van der Waals surface area contributed by atoms with E-state index < -0.39 is 22.0 Å². The van der Waals surface area contributed by atoms with Gasteiger partial charge in [0.05, 0.1) is 7.11 Å². The summed E-state index contributed by atoms with van der Waals surface area (Å²) >= 11 is 6.01. The zero-order chi connectivity index (χ0) is 22.4. The van der Waals surface area contributed by atoms with Crippen molar-refractivity contribution in [1.82, 2.24) is 4.72 Å². The predicted octanol–water partition coefficient (Wildman–Crippen LogP) is 4.19. The highest BCUT2D eigenvalue weighted by molar-refractivity contribution is 7.89. The molecule has 0 radical (unpaired) electrons. The lowest BCUT2D eigenvalue weighted by atomic mass is 10.1. The molecule has 0 heterocycles. The summed E-state index contributed by atoms with van der Waals surface area (Å²) in [6.07, 6.45) is 0.167. The average molecular weight is 459 g/mol. The maximum atomic E-state index is 13.2. The highest BCUT2D eigenvalue weighted by Crippen LogP contribution is 2.27. The summed E-state index contributed by atoms with van der Waals surface area (Å²) in [4.78, 5) is 13.0. The molecule has 2 N–H and O–H groups in total. The minimum absolute atomic E-state index is 0.134. The maximum Gasteiger partial charge on any atom is 0.245 e. The lowest BCUT2D eigenvalue weighted by Gasteiger charge is -2.20. The maximum absolute atomic E-state index is 13.2. The second kappa shape index (κ2) is 9.96. The molecular formula is C23H23ClN2O4S. The van der Waals surface area contributed by atoms with Crippen LogP contribution in [0.15, 0.2) is 77.7 Å². The molecule has 31 heavy (non-hydrogen) atoms. The number of carbonyl (C=O) groups is 1. The minimum Gasteiger partial charge on any atom is -0.495 e. The van der Waals surface area contributed by atoms with E-state index in [-0.39, 0.29) is 22.1 Å². The SMILES string of the molecule is COc1ccc(Cl)cc1S(=O)(=O)NC(Cc1ccccc1)C(=O)Nc1ccccc1C. The van der Waals surface area contributed by atoms with Gasteiger partial charge in [0.1, 0.15) is 16.7 Å². The number of hydrogen-bond donors (Lipinski definition) is 2. The van der Waals surface area contributed by atoms with Crippen LogP contribution < -0.4 is 14.8 Å². The standard InChI is InChI=1S/C23H23ClN2O4S/c1-16-8-6-7-11-19(16)25-23(27)20(14-17-9-4-3-5-10-17)26-31(28,29)22-15-18(24)12-13-21(22)30-2/h3-13,15,20,26H,14H2,1-2H3,(H,25,27). The van der Waals surface area contributed by atoms with Gasteiger partial charge >= 0.3 is 0 Å². The van der Waals surface area contributed by atoms with E-state index in [1.54, 1.807) is 12.1 Å². The van der Waals surface area contributed by atoms with E-state index >= 15 is 0 Å². The van der Waals surface area contributed by atoms with Gasteiger partial charge in [0.25, 0.3) is 0 Å². The molecule has 0 aliphatic heterocycles. The zero-order valence-electron chi connectivity index (χ0n) is 17.1. The molecule has 3 aromatic carbocycles. The summed E-state index contributed by atoms with van der Waals surface area (Å²) < 4.78 is 34.0. The van der Waals surface area contributed by atoms with Gasteiger partial charge in [0, 0.05) is 10.7 Å². The average Bonchev–Trinajstić information content (AvgIpc) is 2.75. The monoisotopic (exact) mass is 458 g/mol. The van der Waals surface area contributed by atoms with Gasteiger partial charge < -0.3 is 10.1 Å². The molecule has 0 saturated heterocycles. The quantitative estimate of drug-likeness (QED) is 0.530. The Balaban J connectivity index is 1.93. The summed E-state index contributed by atoms with van der Waals surface area (Å²) in [5.74, 6) is -0.336. The van der Waals surface area contributed by atoms with Crippen LogP contribution in [0.25, 0.3) is 0 Å². The normalized spacial score (nSPS) is 12.2. The van der Waals surface area contributed by atoms with Gasteiger partial charge in [-0.2, -0.15) is 4.72 Å². The lowest BCUT2D eigenvalue weighted by molar-refractivity contribution is -0.117. The van der Waals surface area contributed by atoms with E-state index in [0.29, 0.717) is 5.69 Å². The largest absolute Gasteiger partial charge is 0.495 e. The first-order valence-corrected chi connectivity index (χ1v) is 11.4. The number of carbonyl (C=O) groups excluding carboxylic acids is 1. The summed E-state index contributed by atoms with van der Waals surface area (Å²) in [5, 5.41) is 3.06. The van der Waals surface area contributed by atoms with Crippen LogP contribution >= 0.6 is 11.6 Å². The molecule has 0 bridgehead atoms. The Morgan fingerprint density at radius 3 is 2.39 bits per heavy atom. The van der Waals surface area contributed by atoms with Gasteiger partial charge in [-0.25, -0.2) is 8.42 Å². The van der Waals surface area contributed by atoms with Gasteiger partial charge in [-0.1, -0.05) is 60.1 Å². The number of rotatable bonds is 8. The Morgan fingerprint density at radius 2 is 1.71 bits per heavy atom. The van der Waals surface area contributed by atoms with Crippen molar-refractivity contribution in [2.75, 3.05) is 12.4 Å². The van der Waals surface area contributed by atoms with Crippen LogP contribution in [-0.4, -0.2) is 27.5 Å². The summed E-state index contributed by atoms with van der Waals surface area (Å²) in [5.41, 5.74) is 2.30. The number of hydrogen-bond acceptors (Lipinski definition) is 4.